The number of hydrogen-bond acceptors (Lipinski definition) is 5. The van der Waals surface area contributed by atoms with E-state index in [4.69, 9.17) is 10.2 Å². The molecule has 0 aliphatic carbocycles. The third kappa shape index (κ3) is 3.32. The monoisotopic (exact) mass is 190 g/mol. The highest BCUT2D eigenvalue weighted by Gasteiger charge is 2.34. The van der Waals surface area contributed by atoms with E-state index in [1.54, 1.807) is 0 Å². The maximum atomic E-state index is 10.6. The van der Waals surface area contributed by atoms with Crippen molar-refractivity contribution in [3.8, 4) is 0 Å². The molecular weight excluding hydrogens is 184 g/mol. The second kappa shape index (κ2) is 4.19. The fourth-order valence-corrected chi connectivity index (χ4v) is 0.494. The number of carboxylic acid groups (broad SMARTS) is 2. The number of ketones is 1. The zero-order valence-electron chi connectivity index (χ0n) is 6.51. The van der Waals surface area contributed by atoms with Crippen molar-refractivity contribution in [3.05, 3.63) is 0 Å². The van der Waals surface area contributed by atoms with Gasteiger partial charge in [0.05, 0.1) is 0 Å². The standard InChI is InChI=1S/C6H6O7/c1-2(7)13-4(6(11)12)3(8)5(9)10/h4H,1H3,(H,9,10)(H,11,12). The van der Waals surface area contributed by atoms with Crippen LogP contribution in [0.25, 0.3) is 0 Å². The predicted molar refractivity (Wildman–Crippen MR) is 35.8 cm³/mol. The molecule has 0 spiro atoms. The van der Waals surface area contributed by atoms with E-state index in [0.717, 1.165) is 6.92 Å². The Balaban J connectivity index is 4.61. The van der Waals surface area contributed by atoms with Crippen LogP contribution in [0.4, 0.5) is 0 Å². The van der Waals surface area contributed by atoms with E-state index in [2.05, 4.69) is 4.74 Å². The Morgan fingerprint density at radius 2 is 1.62 bits per heavy atom. The van der Waals surface area contributed by atoms with Gasteiger partial charge in [0, 0.05) is 6.92 Å². The zero-order chi connectivity index (χ0) is 10.6. The summed E-state index contributed by atoms with van der Waals surface area (Å²) in [6, 6.07) is 0. The number of esters is 1. The Morgan fingerprint density at radius 1 is 1.15 bits per heavy atom. The average molecular weight is 190 g/mol. The van der Waals surface area contributed by atoms with Gasteiger partial charge in [-0.1, -0.05) is 0 Å². The van der Waals surface area contributed by atoms with Crippen LogP contribution >= 0.6 is 0 Å². The summed E-state index contributed by atoms with van der Waals surface area (Å²) < 4.78 is 3.97. The third-order valence-corrected chi connectivity index (χ3v) is 0.957. The molecule has 7 heteroatoms. The van der Waals surface area contributed by atoms with Crippen molar-refractivity contribution >= 4 is 23.7 Å². The number of carboxylic acids is 2. The van der Waals surface area contributed by atoms with Gasteiger partial charge in [-0.15, -0.1) is 0 Å². The summed E-state index contributed by atoms with van der Waals surface area (Å²) in [5, 5.41) is 16.4. The SMILES string of the molecule is CC(=O)OC(C(=O)O)C(=O)C(=O)O. The van der Waals surface area contributed by atoms with Crippen molar-refractivity contribution in [2.24, 2.45) is 0 Å². The van der Waals surface area contributed by atoms with Crippen LogP contribution in [0.2, 0.25) is 0 Å². The minimum Gasteiger partial charge on any atom is -0.478 e. The maximum absolute atomic E-state index is 10.6. The molecule has 0 aromatic carbocycles. The Labute approximate surface area is 71.9 Å². The number of hydrogen-bond donors (Lipinski definition) is 2. The summed E-state index contributed by atoms with van der Waals surface area (Å²) >= 11 is 0. The molecule has 0 aromatic heterocycles. The van der Waals surface area contributed by atoms with Gasteiger partial charge >= 0.3 is 17.9 Å². The minimum absolute atomic E-state index is 0.866. The van der Waals surface area contributed by atoms with Crippen LogP contribution in [0.1, 0.15) is 6.92 Å². The quantitative estimate of drug-likeness (QED) is 0.319. The highest BCUT2D eigenvalue weighted by Crippen LogP contribution is 1.95. The number of Topliss-reactive ketones (excluding diaryl/α,β-unsaturated/α-hetero) is 1. The molecule has 0 rings (SSSR count). The second-order valence-electron chi connectivity index (χ2n) is 2.00. The number of aliphatic carboxylic acids is 2. The molecule has 2 N–H and O–H groups in total. The van der Waals surface area contributed by atoms with E-state index in [-0.39, 0.29) is 0 Å². The van der Waals surface area contributed by atoms with Gasteiger partial charge < -0.3 is 14.9 Å². The summed E-state index contributed by atoms with van der Waals surface area (Å²) in [6.07, 6.45) is -2.27. The normalized spacial score (nSPS) is 11.5. The van der Waals surface area contributed by atoms with E-state index < -0.39 is 29.8 Å². The molecule has 0 fully saturated rings. The number of ether oxygens (including phenoxy) is 1. The van der Waals surface area contributed by atoms with Crippen molar-refractivity contribution < 1.29 is 34.1 Å². The summed E-state index contributed by atoms with van der Waals surface area (Å²) in [5.74, 6) is -6.51. The predicted octanol–water partition coefficient (Wildman–Crippen LogP) is -1.34. The van der Waals surface area contributed by atoms with Crippen LogP contribution < -0.4 is 0 Å². The van der Waals surface area contributed by atoms with Gasteiger partial charge in [0.2, 0.25) is 0 Å². The first-order valence-corrected chi connectivity index (χ1v) is 3.03. The molecule has 1 atom stereocenters. The lowest BCUT2D eigenvalue weighted by molar-refractivity contribution is -0.171. The first kappa shape index (κ1) is 11.1. The van der Waals surface area contributed by atoms with Crippen molar-refractivity contribution in [1.82, 2.24) is 0 Å². The summed E-state index contributed by atoms with van der Waals surface area (Å²) in [4.78, 5) is 41.1. The largest absolute Gasteiger partial charge is 0.478 e. The highest BCUT2D eigenvalue weighted by atomic mass is 16.6. The molecule has 0 saturated heterocycles. The molecular formula is C6H6O7. The second-order valence-corrected chi connectivity index (χ2v) is 2.00. The van der Waals surface area contributed by atoms with Crippen LogP contribution in [0, 0.1) is 0 Å². The maximum Gasteiger partial charge on any atom is 0.376 e. The minimum atomic E-state index is -2.27. The van der Waals surface area contributed by atoms with Crippen LogP contribution in [0.5, 0.6) is 0 Å². The van der Waals surface area contributed by atoms with E-state index in [9.17, 15) is 19.2 Å². The van der Waals surface area contributed by atoms with Gasteiger partial charge in [-0.3, -0.25) is 9.59 Å². The smallest absolute Gasteiger partial charge is 0.376 e. The number of carbonyl (C=O) groups excluding carboxylic acids is 2. The Morgan fingerprint density at radius 3 is 1.85 bits per heavy atom. The first-order chi connectivity index (χ1) is 5.86. The molecule has 0 radical (unpaired) electrons. The van der Waals surface area contributed by atoms with Gasteiger partial charge in [0.25, 0.3) is 11.9 Å². The molecule has 0 bridgehead atoms. The molecule has 13 heavy (non-hydrogen) atoms. The van der Waals surface area contributed by atoms with Crippen LogP contribution in [-0.2, 0) is 23.9 Å². The van der Waals surface area contributed by atoms with Gasteiger partial charge in [-0.25, -0.2) is 9.59 Å². The summed E-state index contributed by atoms with van der Waals surface area (Å²) in [6.45, 7) is 0.866. The van der Waals surface area contributed by atoms with Gasteiger partial charge in [-0.2, -0.15) is 0 Å². The molecule has 0 amide bonds. The van der Waals surface area contributed by atoms with Crippen molar-refractivity contribution in [2.75, 3.05) is 0 Å². The highest BCUT2D eigenvalue weighted by molar-refractivity contribution is 6.38. The molecule has 0 aliphatic heterocycles. The number of rotatable bonds is 4. The van der Waals surface area contributed by atoms with Crippen molar-refractivity contribution in [3.63, 3.8) is 0 Å². The molecule has 7 nitrogen and oxygen atoms in total. The van der Waals surface area contributed by atoms with Crippen molar-refractivity contribution in [1.29, 1.82) is 0 Å². The Bertz CT molecular complexity index is 266. The Hall–Kier alpha value is -1.92. The number of carbonyl (C=O) groups is 4. The molecule has 72 valence electrons. The van der Waals surface area contributed by atoms with Crippen molar-refractivity contribution in [2.45, 2.75) is 13.0 Å². The average Bonchev–Trinajstić information content (AvgIpc) is 1.97. The molecule has 0 aromatic rings. The fraction of sp³-hybridized carbons (Fsp3) is 0.333. The van der Waals surface area contributed by atoms with E-state index >= 15 is 0 Å². The van der Waals surface area contributed by atoms with Gasteiger partial charge in [0.1, 0.15) is 0 Å². The lowest BCUT2D eigenvalue weighted by atomic mass is 10.2. The van der Waals surface area contributed by atoms with Gasteiger partial charge in [-0.05, 0) is 0 Å². The molecule has 0 heterocycles. The van der Waals surface area contributed by atoms with E-state index in [0.29, 0.717) is 0 Å². The first-order valence-electron chi connectivity index (χ1n) is 3.03. The van der Waals surface area contributed by atoms with Gasteiger partial charge in [0.15, 0.2) is 0 Å². The topological polar surface area (TPSA) is 118 Å². The lowest BCUT2D eigenvalue weighted by Crippen LogP contribution is -2.38. The fourth-order valence-electron chi connectivity index (χ4n) is 0.494. The van der Waals surface area contributed by atoms with E-state index in [1.165, 1.54) is 0 Å². The van der Waals surface area contributed by atoms with E-state index in [1.807, 2.05) is 0 Å². The Kier molecular flexibility index (Phi) is 3.57. The third-order valence-electron chi connectivity index (χ3n) is 0.957. The molecule has 1 unspecified atom stereocenters. The lowest BCUT2D eigenvalue weighted by Gasteiger charge is -2.07. The van der Waals surface area contributed by atoms with Crippen LogP contribution in [0.3, 0.4) is 0 Å². The molecule has 0 saturated carbocycles. The van der Waals surface area contributed by atoms with Crippen LogP contribution in [-0.4, -0.2) is 40.0 Å². The van der Waals surface area contributed by atoms with Crippen LogP contribution in [0.15, 0.2) is 0 Å². The summed E-state index contributed by atoms with van der Waals surface area (Å²) in [7, 11) is 0. The summed E-state index contributed by atoms with van der Waals surface area (Å²) in [5.41, 5.74) is 0. The molecule has 0 aliphatic rings. The zero-order valence-corrected chi connectivity index (χ0v) is 6.51.